The molecule has 0 aliphatic carbocycles. The number of carbonyl (C=O) groups excluding carboxylic acids is 3. The number of esters is 1. The van der Waals surface area contributed by atoms with Crippen LogP contribution in [0, 0.1) is 0 Å². The van der Waals surface area contributed by atoms with Crippen molar-refractivity contribution in [1.29, 1.82) is 0 Å². The zero-order valence-corrected chi connectivity index (χ0v) is 19.0. The van der Waals surface area contributed by atoms with Crippen LogP contribution in [0.15, 0.2) is 24.3 Å². The summed E-state index contributed by atoms with van der Waals surface area (Å²) in [6.07, 6.45) is 16.9. The number of hydrogen-bond acceptors (Lipinski definition) is 4. The molecule has 0 radical (unpaired) electrons. The van der Waals surface area contributed by atoms with E-state index in [2.05, 4.69) is 11.7 Å². The quantitative estimate of drug-likeness (QED) is 0.111. The first-order chi connectivity index (χ1) is 14.6. The van der Waals surface area contributed by atoms with Crippen LogP contribution in [0.25, 0.3) is 0 Å². The summed E-state index contributed by atoms with van der Waals surface area (Å²) in [5.74, 6) is -0.741. The number of rotatable bonds is 18. The van der Waals surface area contributed by atoms with Crippen molar-refractivity contribution in [2.24, 2.45) is 0 Å². The van der Waals surface area contributed by atoms with Crippen LogP contribution in [0.4, 0.5) is 0 Å². The predicted molar refractivity (Wildman–Crippen MR) is 122 cm³/mol. The van der Waals surface area contributed by atoms with Crippen molar-refractivity contribution < 1.29 is 19.1 Å². The van der Waals surface area contributed by atoms with Crippen molar-refractivity contribution >= 4 is 17.5 Å². The SMILES string of the molecule is CCCCCCCCCCCCCCCC(=O)CC(=O)c1cccc(C(=O)OC)c1. The summed E-state index contributed by atoms with van der Waals surface area (Å²) >= 11 is 0. The maximum absolute atomic E-state index is 12.3. The van der Waals surface area contributed by atoms with Crippen LogP contribution >= 0.6 is 0 Å². The molecule has 0 spiro atoms. The monoisotopic (exact) mass is 416 g/mol. The molecule has 1 aromatic rings. The zero-order valence-electron chi connectivity index (χ0n) is 19.0. The Bertz CT molecular complexity index is 636. The molecule has 0 aliphatic rings. The average Bonchev–Trinajstić information content (AvgIpc) is 2.76. The molecule has 0 fully saturated rings. The molecule has 4 heteroatoms. The van der Waals surface area contributed by atoms with E-state index < -0.39 is 5.97 Å². The van der Waals surface area contributed by atoms with E-state index in [9.17, 15) is 14.4 Å². The fraction of sp³-hybridized carbons (Fsp3) is 0.654. The minimum absolute atomic E-state index is 0.0217. The number of unbranched alkanes of at least 4 members (excludes halogenated alkanes) is 12. The molecule has 0 unspecified atom stereocenters. The third-order valence-corrected chi connectivity index (χ3v) is 5.52. The number of Topliss-reactive ketones (excluding diaryl/α,β-unsaturated/α-hetero) is 2. The molecule has 0 heterocycles. The summed E-state index contributed by atoms with van der Waals surface area (Å²) in [5, 5.41) is 0. The Morgan fingerprint density at radius 2 is 1.23 bits per heavy atom. The Balaban J connectivity index is 2.06. The van der Waals surface area contributed by atoms with E-state index in [0.717, 1.165) is 12.8 Å². The lowest BCUT2D eigenvalue weighted by molar-refractivity contribution is -0.118. The summed E-state index contributed by atoms with van der Waals surface area (Å²) < 4.78 is 4.67. The zero-order chi connectivity index (χ0) is 22.0. The molecule has 0 bridgehead atoms. The van der Waals surface area contributed by atoms with E-state index in [1.165, 1.54) is 83.8 Å². The molecule has 168 valence electrons. The molecular formula is C26H40O4. The van der Waals surface area contributed by atoms with E-state index in [1.54, 1.807) is 18.2 Å². The molecule has 30 heavy (non-hydrogen) atoms. The van der Waals surface area contributed by atoms with Gasteiger partial charge in [0, 0.05) is 12.0 Å². The van der Waals surface area contributed by atoms with Crippen molar-refractivity contribution in [3.8, 4) is 0 Å². The lowest BCUT2D eigenvalue weighted by Crippen LogP contribution is -2.09. The van der Waals surface area contributed by atoms with E-state index >= 15 is 0 Å². The summed E-state index contributed by atoms with van der Waals surface area (Å²) in [6.45, 7) is 2.25. The van der Waals surface area contributed by atoms with Crippen LogP contribution in [0.3, 0.4) is 0 Å². The molecule has 0 atom stereocenters. The van der Waals surface area contributed by atoms with Crippen molar-refractivity contribution in [2.45, 2.75) is 103 Å². The summed E-state index contributed by atoms with van der Waals surface area (Å²) in [5.41, 5.74) is 0.712. The Morgan fingerprint density at radius 3 is 1.77 bits per heavy atom. The molecule has 0 aromatic heterocycles. The number of hydrogen-bond donors (Lipinski definition) is 0. The van der Waals surface area contributed by atoms with Gasteiger partial charge in [0.05, 0.1) is 19.1 Å². The summed E-state index contributed by atoms with van der Waals surface area (Å²) in [7, 11) is 1.30. The van der Waals surface area contributed by atoms with Gasteiger partial charge in [0.1, 0.15) is 5.78 Å². The third kappa shape index (κ3) is 11.9. The Morgan fingerprint density at radius 1 is 0.733 bits per heavy atom. The molecule has 4 nitrogen and oxygen atoms in total. The van der Waals surface area contributed by atoms with E-state index in [0.29, 0.717) is 17.5 Å². The van der Waals surface area contributed by atoms with Crippen LogP contribution in [0.2, 0.25) is 0 Å². The first kappa shape index (κ1) is 26.1. The molecule has 0 N–H and O–H groups in total. The largest absolute Gasteiger partial charge is 0.465 e. The van der Waals surface area contributed by atoms with Crippen LogP contribution in [-0.4, -0.2) is 24.6 Å². The van der Waals surface area contributed by atoms with Gasteiger partial charge in [0.15, 0.2) is 5.78 Å². The van der Waals surface area contributed by atoms with Gasteiger partial charge in [-0.3, -0.25) is 9.59 Å². The van der Waals surface area contributed by atoms with Crippen molar-refractivity contribution in [1.82, 2.24) is 0 Å². The third-order valence-electron chi connectivity index (χ3n) is 5.52. The second-order valence-corrected chi connectivity index (χ2v) is 8.20. The van der Waals surface area contributed by atoms with E-state index in [4.69, 9.17) is 0 Å². The Hall–Kier alpha value is -1.97. The molecule has 1 aromatic carbocycles. The molecule has 0 saturated heterocycles. The van der Waals surface area contributed by atoms with E-state index in [1.807, 2.05) is 0 Å². The maximum Gasteiger partial charge on any atom is 0.337 e. The van der Waals surface area contributed by atoms with Gasteiger partial charge in [-0.1, -0.05) is 96.1 Å². The normalized spacial score (nSPS) is 10.7. The first-order valence-electron chi connectivity index (χ1n) is 11.8. The lowest BCUT2D eigenvalue weighted by atomic mass is 10.00. The Labute approximate surface area is 182 Å². The van der Waals surface area contributed by atoms with Gasteiger partial charge in [-0.25, -0.2) is 4.79 Å². The van der Waals surface area contributed by atoms with Crippen LogP contribution in [-0.2, 0) is 9.53 Å². The number of carbonyl (C=O) groups is 3. The maximum atomic E-state index is 12.3. The fourth-order valence-corrected chi connectivity index (χ4v) is 3.65. The number of ketones is 2. The molecule has 1 rings (SSSR count). The standard InChI is InChI=1S/C26H40O4/c1-3-4-5-6-7-8-9-10-11-12-13-14-15-19-24(27)21-25(28)22-17-16-18-23(20-22)26(29)30-2/h16-18,20H,3-15,19,21H2,1-2H3. The van der Waals surface area contributed by atoms with Gasteiger partial charge in [0.25, 0.3) is 0 Å². The van der Waals surface area contributed by atoms with Gasteiger partial charge in [-0.05, 0) is 18.6 Å². The topological polar surface area (TPSA) is 60.4 Å². The van der Waals surface area contributed by atoms with E-state index in [-0.39, 0.29) is 18.0 Å². The van der Waals surface area contributed by atoms with Crippen molar-refractivity contribution in [3.63, 3.8) is 0 Å². The second-order valence-electron chi connectivity index (χ2n) is 8.20. The minimum Gasteiger partial charge on any atom is -0.465 e. The highest BCUT2D eigenvalue weighted by Gasteiger charge is 2.14. The molecule has 0 amide bonds. The van der Waals surface area contributed by atoms with Crippen LogP contribution < -0.4 is 0 Å². The van der Waals surface area contributed by atoms with Crippen molar-refractivity contribution in [2.75, 3.05) is 7.11 Å². The van der Waals surface area contributed by atoms with Gasteiger partial charge < -0.3 is 4.74 Å². The average molecular weight is 417 g/mol. The summed E-state index contributed by atoms with van der Waals surface area (Å²) in [4.78, 5) is 35.9. The molecule has 0 saturated carbocycles. The predicted octanol–water partition coefficient (Wildman–Crippen LogP) is 7.10. The van der Waals surface area contributed by atoms with Gasteiger partial charge >= 0.3 is 5.97 Å². The highest BCUT2D eigenvalue weighted by Crippen LogP contribution is 2.14. The molecule has 0 aliphatic heterocycles. The van der Waals surface area contributed by atoms with Crippen LogP contribution in [0.5, 0.6) is 0 Å². The summed E-state index contributed by atoms with van der Waals surface area (Å²) in [6, 6.07) is 6.36. The lowest BCUT2D eigenvalue weighted by Gasteiger charge is -2.04. The highest BCUT2D eigenvalue weighted by atomic mass is 16.5. The van der Waals surface area contributed by atoms with Crippen molar-refractivity contribution in [3.05, 3.63) is 35.4 Å². The fourth-order valence-electron chi connectivity index (χ4n) is 3.65. The van der Waals surface area contributed by atoms with Gasteiger partial charge in [0.2, 0.25) is 0 Å². The van der Waals surface area contributed by atoms with Crippen LogP contribution in [0.1, 0.15) is 124 Å². The van der Waals surface area contributed by atoms with Gasteiger partial charge in [-0.15, -0.1) is 0 Å². The molecular weight excluding hydrogens is 376 g/mol. The smallest absolute Gasteiger partial charge is 0.337 e. The minimum atomic E-state index is -0.483. The number of ether oxygens (including phenoxy) is 1. The highest BCUT2D eigenvalue weighted by molar-refractivity contribution is 6.08. The first-order valence-corrected chi connectivity index (χ1v) is 11.8. The Kier molecular flexibility index (Phi) is 14.6. The second kappa shape index (κ2) is 16.8. The number of methoxy groups -OCH3 is 1. The number of benzene rings is 1. The van der Waals surface area contributed by atoms with Gasteiger partial charge in [-0.2, -0.15) is 0 Å².